The number of hydrogen-bond donors (Lipinski definition) is 2. The summed E-state index contributed by atoms with van der Waals surface area (Å²) >= 11 is 0. The summed E-state index contributed by atoms with van der Waals surface area (Å²) in [6.07, 6.45) is 4.07. The predicted octanol–water partition coefficient (Wildman–Crippen LogP) is 4.30. The molecule has 3 aromatic rings. The maximum atomic E-state index is 13.3. The number of nitrogens with zero attached hydrogens (tertiary/aromatic N) is 1. The maximum absolute atomic E-state index is 13.3. The summed E-state index contributed by atoms with van der Waals surface area (Å²) in [7, 11) is -3.80. The van der Waals surface area contributed by atoms with Crippen LogP contribution in [0, 0.1) is 13.8 Å². The SMILES string of the molecule is CCc1ccc(-c2n[nH]c(=O)c3c2CCCC3)cc1S(=O)(=O)Nc1cc(C)cc(C)c1. The Kier molecular flexibility index (Phi) is 5.71. The highest BCUT2D eigenvalue weighted by Gasteiger charge is 2.23. The Morgan fingerprint density at radius 2 is 1.68 bits per heavy atom. The van der Waals surface area contributed by atoms with Crippen LogP contribution in [0.1, 0.15) is 47.6 Å². The number of aromatic nitrogens is 2. The Hall–Kier alpha value is -2.93. The van der Waals surface area contributed by atoms with Gasteiger partial charge in [0, 0.05) is 16.8 Å². The fourth-order valence-corrected chi connectivity index (χ4v) is 5.76. The summed E-state index contributed by atoms with van der Waals surface area (Å²) in [6, 6.07) is 11.1. The van der Waals surface area contributed by atoms with E-state index in [9.17, 15) is 13.2 Å². The molecule has 0 saturated heterocycles. The molecule has 31 heavy (non-hydrogen) atoms. The van der Waals surface area contributed by atoms with E-state index in [1.807, 2.05) is 51.1 Å². The molecule has 162 valence electrons. The van der Waals surface area contributed by atoms with E-state index < -0.39 is 10.0 Å². The van der Waals surface area contributed by atoms with E-state index in [2.05, 4.69) is 14.9 Å². The van der Waals surface area contributed by atoms with Crippen LogP contribution in [0.25, 0.3) is 11.3 Å². The molecule has 1 aliphatic carbocycles. The van der Waals surface area contributed by atoms with Gasteiger partial charge < -0.3 is 0 Å². The molecule has 7 heteroatoms. The second kappa shape index (κ2) is 8.30. The third-order valence-electron chi connectivity index (χ3n) is 5.78. The number of rotatable bonds is 5. The van der Waals surface area contributed by atoms with Gasteiger partial charge in [-0.1, -0.05) is 25.1 Å². The smallest absolute Gasteiger partial charge is 0.267 e. The lowest BCUT2D eigenvalue weighted by atomic mass is 9.89. The predicted molar refractivity (Wildman–Crippen MR) is 123 cm³/mol. The minimum Gasteiger partial charge on any atom is -0.280 e. The number of aryl methyl sites for hydroxylation is 3. The highest BCUT2D eigenvalue weighted by Crippen LogP contribution is 2.31. The number of nitrogens with one attached hydrogen (secondary N) is 2. The lowest BCUT2D eigenvalue weighted by Crippen LogP contribution is -2.21. The number of anilines is 1. The molecule has 1 aliphatic rings. The zero-order valence-electron chi connectivity index (χ0n) is 18.1. The molecule has 0 unspecified atom stereocenters. The van der Waals surface area contributed by atoms with Gasteiger partial charge in [-0.2, -0.15) is 5.10 Å². The van der Waals surface area contributed by atoms with Crippen LogP contribution in [-0.2, 0) is 29.3 Å². The van der Waals surface area contributed by atoms with Gasteiger partial charge in [-0.05, 0) is 86.4 Å². The van der Waals surface area contributed by atoms with Gasteiger partial charge >= 0.3 is 0 Å². The maximum Gasteiger partial charge on any atom is 0.267 e. The molecule has 1 heterocycles. The van der Waals surface area contributed by atoms with Crippen LogP contribution in [-0.4, -0.2) is 18.6 Å². The molecule has 0 aliphatic heterocycles. The van der Waals surface area contributed by atoms with Crippen molar-refractivity contribution < 1.29 is 8.42 Å². The zero-order valence-corrected chi connectivity index (χ0v) is 18.9. The van der Waals surface area contributed by atoms with Crippen LogP contribution in [0.2, 0.25) is 0 Å². The molecule has 0 atom stereocenters. The van der Waals surface area contributed by atoms with Crippen molar-refractivity contribution in [1.29, 1.82) is 0 Å². The van der Waals surface area contributed by atoms with Gasteiger partial charge in [0.15, 0.2) is 0 Å². The van der Waals surface area contributed by atoms with Crippen molar-refractivity contribution in [2.24, 2.45) is 0 Å². The van der Waals surface area contributed by atoms with Crippen LogP contribution >= 0.6 is 0 Å². The van der Waals surface area contributed by atoms with Crippen molar-refractivity contribution in [3.8, 4) is 11.3 Å². The number of fused-ring (bicyclic) bond motifs is 1. The summed E-state index contributed by atoms with van der Waals surface area (Å²) in [6.45, 7) is 5.81. The van der Waals surface area contributed by atoms with Gasteiger partial charge in [0.25, 0.3) is 15.6 Å². The van der Waals surface area contributed by atoms with Crippen molar-refractivity contribution in [2.75, 3.05) is 4.72 Å². The van der Waals surface area contributed by atoms with E-state index in [4.69, 9.17) is 0 Å². The van der Waals surface area contributed by atoms with Crippen LogP contribution in [0.3, 0.4) is 0 Å². The van der Waals surface area contributed by atoms with E-state index >= 15 is 0 Å². The summed E-state index contributed by atoms with van der Waals surface area (Å²) in [5.74, 6) is 0. The van der Waals surface area contributed by atoms with E-state index in [1.54, 1.807) is 6.07 Å². The molecule has 0 radical (unpaired) electrons. The fraction of sp³-hybridized carbons (Fsp3) is 0.333. The minimum absolute atomic E-state index is 0.145. The lowest BCUT2D eigenvalue weighted by Gasteiger charge is -2.18. The van der Waals surface area contributed by atoms with Crippen molar-refractivity contribution >= 4 is 15.7 Å². The first-order valence-electron chi connectivity index (χ1n) is 10.6. The number of aromatic amines is 1. The first-order valence-corrected chi connectivity index (χ1v) is 12.1. The highest BCUT2D eigenvalue weighted by molar-refractivity contribution is 7.92. The zero-order chi connectivity index (χ0) is 22.2. The van der Waals surface area contributed by atoms with Crippen LogP contribution in [0.15, 0.2) is 46.1 Å². The van der Waals surface area contributed by atoms with E-state index in [0.717, 1.165) is 53.5 Å². The van der Waals surface area contributed by atoms with E-state index in [1.165, 1.54) is 0 Å². The molecule has 2 aromatic carbocycles. The third kappa shape index (κ3) is 4.28. The second-order valence-electron chi connectivity index (χ2n) is 8.22. The monoisotopic (exact) mass is 437 g/mol. The molecular weight excluding hydrogens is 410 g/mol. The number of hydrogen-bond acceptors (Lipinski definition) is 4. The van der Waals surface area contributed by atoms with Gasteiger partial charge in [-0.15, -0.1) is 0 Å². The molecular formula is C24H27N3O3S. The average Bonchev–Trinajstić information content (AvgIpc) is 2.73. The molecule has 0 saturated carbocycles. The summed E-state index contributed by atoms with van der Waals surface area (Å²) < 4.78 is 29.4. The minimum atomic E-state index is -3.80. The Bertz CT molecular complexity index is 1290. The molecule has 0 spiro atoms. The van der Waals surface area contributed by atoms with E-state index in [0.29, 0.717) is 23.4 Å². The summed E-state index contributed by atoms with van der Waals surface area (Å²) in [5, 5.41) is 6.89. The Labute approximate surface area is 182 Å². The van der Waals surface area contributed by atoms with E-state index in [-0.39, 0.29) is 10.5 Å². The second-order valence-corrected chi connectivity index (χ2v) is 9.87. The van der Waals surface area contributed by atoms with Crippen molar-refractivity contribution in [3.05, 3.63) is 74.6 Å². The molecule has 0 fully saturated rings. The Morgan fingerprint density at radius 1 is 1.00 bits per heavy atom. The van der Waals surface area contributed by atoms with Crippen LogP contribution in [0.5, 0.6) is 0 Å². The topological polar surface area (TPSA) is 91.9 Å². The molecule has 0 amide bonds. The van der Waals surface area contributed by atoms with Crippen molar-refractivity contribution in [2.45, 2.75) is 57.8 Å². The molecule has 6 nitrogen and oxygen atoms in total. The third-order valence-corrected chi connectivity index (χ3v) is 7.25. The quantitative estimate of drug-likeness (QED) is 0.623. The van der Waals surface area contributed by atoms with Gasteiger partial charge in [0.2, 0.25) is 0 Å². The van der Waals surface area contributed by atoms with Gasteiger partial charge in [-0.3, -0.25) is 9.52 Å². The van der Waals surface area contributed by atoms with Crippen molar-refractivity contribution in [3.63, 3.8) is 0 Å². The number of sulfonamides is 1. The fourth-order valence-electron chi connectivity index (χ4n) is 4.39. The average molecular weight is 438 g/mol. The standard InChI is InChI=1S/C24H27N3O3S/c1-4-17-9-10-18(23-20-7-5-6-8-21(20)24(28)26-25-23)14-22(17)31(29,30)27-19-12-15(2)11-16(3)13-19/h9-14,27H,4-8H2,1-3H3,(H,26,28). The molecule has 0 bridgehead atoms. The first kappa shape index (κ1) is 21.3. The van der Waals surface area contributed by atoms with Crippen LogP contribution < -0.4 is 10.3 Å². The molecule has 2 N–H and O–H groups in total. The van der Waals surface area contributed by atoms with Crippen LogP contribution in [0.4, 0.5) is 5.69 Å². The number of benzene rings is 2. The molecule has 4 rings (SSSR count). The van der Waals surface area contributed by atoms with Gasteiger partial charge in [0.1, 0.15) is 0 Å². The summed E-state index contributed by atoms with van der Waals surface area (Å²) in [4.78, 5) is 12.4. The largest absolute Gasteiger partial charge is 0.280 e. The molecule has 1 aromatic heterocycles. The first-order chi connectivity index (χ1) is 14.8. The van der Waals surface area contributed by atoms with Gasteiger partial charge in [-0.25, -0.2) is 13.5 Å². The van der Waals surface area contributed by atoms with Crippen molar-refractivity contribution in [1.82, 2.24) is 10.2 Å². The Morgan fingerprint density at radius 3 is 2.35 bits per heavy atom. The Balaban J connectivity index is 1.81. The normalized spacial score (nSPS) is 13.6. The number of H-pyrrole nitrogens is 1. The lowest BCUT2D eigenvalue weighted by molar-refractivity contribution is 0.600. The highest BCUT2D eigenvalue weighted by atomic mass is 32.2. The van der Waals surface area contributed by atoms with Gasteiger partial charge in [0.05, 0.1) is 10.6 Å². The summed E-state index contributed by atoms with van der Waals surface area (Å²) in [5.41, 5.74) is 6.19.